The first-order valence-electron chi connectivity index (χ1n) is 13.3. The van der Waals surface area contributed by atoms with Crippen LogP contribution in [0.1, 0.15) is 63.3 Å². The van der Waals surface area contributed by atoms with E-state index in [0.29, 0.717) is 17.3 Å². The predicted octanol–water partition coefficient (Wildman–Crippen LogP) is 4.69. The second kappa shape index (κ2) is 8.98. The molecule has 0 spiro atoms. The molecule has 0 aliphatic heterocycles. The summed E-state index contributed by atoms with van der Waals surface area (Å²) in [5.41, 5.74) is 10.9. The number of aliphatic hydroxyl groups is 1. The summed E-state index contributed by atoms with van der Waals surface area (Å²) in [5.74, 6) is 3.75. The molecule has 2 fully saturated rings. The van der Waals surface area contributed by atoms with Crippen LogP contribution in [0.4, 0.5) is 0 Å². The van der Waals surface area contributed by atoms with Gasteiger partial charge in [-0.1, -0.05) is 32.9 Å². The number of aromatic nitrogens is 2. The zero-order valence-electron chi connectivity index (χ0n) is 21.5. The van der Waals surface area contributed by atoms with Crippen molar-refractivity contribution in [2.45, 2.75) is 65.8 Å². The van der Waals surface area contributed by atoms with Crippen molar-refractivity contribution in [3.05, 3.63) is 47.3 Å². The summed E-state index contributed by atoms with van der Waals surface area (Å²) in [5, 5.41) is 15.4. The summed E-state index contributed by atoms with van der Waals surface area (Å²) in [7, 11) is 1.69. The Bertz CT molecular complexity index is 1000. The average molecular weight is 466 g/mol. The fourth-order valence-corrected chi connectivity index (χ4v) is 8.30. The SMILES string of the molecule is COc1ccc(Cn2ncc3c2C[C@H](CO)[C@@](C)([C@H]2CC[C@]4(C)[C@@H](C)CC[C@H]4[C@@H]2CN)C3)cc1. The fourth-order valence-electron chi connectivity index (χ4n) is 8.30. The minimum atomic E-state index is 0.0624. The minimum Gasteiger partial charge on any atom is -0.497 e. The number of nitrogens with zero attached hydrogens (tertiary/aromatic N) is 2. The van der Waals surface area contributed by atoms with Gasteiger partial charge in [0, 0.05) is 12.3 Å². The van der Waals surface area contributed by atoms with Crippen LogP contribution in [0, 0.1) is 40.4 Å². The number of hydrogen-bond donors (Lipinski definition) is 2. The van der Waals surface area contributed by atoms with Crippen molar-refractivity contribution in [3.63, 3.8) is 0 Å². The molecule has 2 aromatic rings. The van der Waals surface area contributed by atoms with E-state index >= 15 is 0 Å². The van der Waals surface area contributed by atoms with Gasteiger partial charge in [-0.2, -0.15) is 5.10 Å². The molecule has 1 aromatic carbocycles. The highest BCUT2D eigenvalue weighted by Crippen LogP contribution is 2.63. The van der Waals surface area contributed by atoms with Crippen molar-refractivity contribution in [2.75, 3.05) is 20.3 Å². The lowest BCUT2D eigenvalue weighted by Crippen LogP contribution is -2.53. The summed E-state index contributed by atoms with van der Waals surface area (Å²) in [6.45, 7) is 9.19. The molecule has 0 radical (unpaired) electrons. The average Bonchev–Trinajstić information content (AvgIpc) is 3.37. The smallest absolute Gasteiger partial charge is 0.118 e. The highest BCUT2D eigenvalue weighted by Gasteiger charge is 2.57. The van der Waals surface area contributed by atoms with Crippen LogP contribution in [-0.2, 0) is 19.4 Å². The highest BCUT2D eigenvalue weighted by molar-refractivity contribution is 5.30. The second-order valence-corrected chi connectivity index (χ2v) is 12.0. The first-order chi connectivity index (χ1) is 16.3. The largest absolute Gasteiger partial charge is 0.497 e. The first-order valence-corrected chi connectivity index (χ1v) is 13.3. The number of rotatable bonds is 6. The minimum absolute atomic E-state index is 0.0624. The zero-order chi connectivity index (χ0) is 24.1. The zero-order valence-corrected chi connectivity index (χ0v) is 21.5. The third-order valence-electron chi connectivity index (χ3n) is 10.7. The Kier molecular flexibility index (Phi) is 6.31. The molecule has 0 amide bonds. The molecular weight excluding hydrogens is 422 g/mol. The third kappa shape index (κ3) is 3.71. The van der Waals surface area contributed by atoms with Crippen LogP contribution in [0.25, 0.3) is 0 Å². The van der Waals surface area contributed by atoms with E-state index in [2.05, 4.69) is 43.8 Å². The molecule has 2 saturated carbocycles. The maximum Gasteiger partial charge on any atom is 0.118 e. The highest BCUT2D eigenvalue weighted by atomic mass is 16.5. The molecule has 1 heterocycles. The van der Waals surface area contributed by atoms with Crippen LogP contribution in [0.15, 0.2) is 30.5 Å². The molecule has 1 aromatic heterocycles. The van der Waals surface area contributed by atoms with Gasteiger partial charge in [0.2, 0.25) is 0 Å². The van der Waals surface area contributed by atoms with Gasteiger partial charge in [-0.15, -0.1) is 0 Å². The van der Waals surface area contributed by atoms with E-state index < -0.39 is 0 Å². The normalized spacial score (nSPS) is 37.3. The van der Waals surface area contributed by atoms with Crippen molar-refractivity contribution in [2.24, 2.45) is 46.2 Å². The molecule has 7 atom stereocenters. The van der Waals surface area contributed by atoms with Crippen LogP contribution >= 0.6 is 0 Å². The molecule has 0 unspecified atom stereocenters. The Morgan fingerprint density at radius 3 is 2.53 bits per heavy atom. The van der Waals surface area contributed by atoms with Crippen molar-refractivity contribution < 1.29 is 9.84 Å². The van der Waals surface area contributed by atoms with Gasteiger partial charge in [-0.25, -0.2) is 0 Å². The number of nitrogens with two attached hydrogens (primary N) is 1. The topological polar surface area (TPSA) is 73.3 Å². The van der Waals surface area contributed by atoms with E-state index in [4.69, 9.17) is 15.6 Å². The molecule has 3 N–H and O–H groups in total. The number of fused-ring (bicyclic) bond motifs is 2. The van der Waals surface area contributed by atoms with Gasteiger partial charge < -0.3 is 15.6 Å². The molecule has 5 nitrogen and oxygen atoms in total. The van der Waals surface area contributed by atoms with Gasteiger partial charge in [0.15, 0.2) is 0 Å². The van der Waals surface area contributed by atoms with E-state index in [1.165, 1.54) is 42.5 Å². The summed E-state index contributed by atoms with van der Waals surface area (Å²) in [4.78, 5) is 0. The number of methoxy groups -OCH3 is 1. The van der Waals surface area contributed by atoms with Crippen LogP contribution in [0.5, 0.6) is 5.75 Å². The molecule has 186 valence electrons. The van der Waals surface area contributed by atoms with Crippen LogP contribution < -0.4 is 10.5 Å². The number of aliphatic hydroxyl groups excluding tert-OH is 1. The van der Waals surface area contributed by atoms with E-state index in [1.807, 2.05) is 12.1 Å². The monoisotopic (exact) mass is 465 g/mol. The standard InChI is InChI=1S/C29H43N3O2/c1-19-5-10-25-24(15-30)26(11-12-28(19,25)2)29(3)14-21-16-31-32(27(21)13-22(29)18-33)17-20-6-8-23(34-4)9-7-20/h6-9,16,19,22,24-26,33H,5,10-15,17-18,30H2,1-4H3/t19-,22+,24-,25-,26-,28+,29-/m0/s1. The Morgan fingerprint density at radius 2 is 1.85 bits per heavy atom. The van der Waals surface area contributed by atoms with Crippen molar-refractivity contribution in [3.8, 4) is 5.75 Å². The van der Waals surface area contributed by atoms with Crippen LogP contribution in [-0.4, -0.2) is 35.1 Å². The molecule has 0 bridgehead atoms. The Labute approximate surface area is 205 Å². The molecule has 34 heavy (non-hydrogen) atoms. The van der Waals surface area contributed by atoms with Crippen molar-refractivity contribution in [1.29, 1.82) is 0 Å². The van der Waals surface area contributed by atoms with E-state index in [0.717, 1.165) is 43.5 Å². The van der Waals surface area contributed by atoms with Crippen molar-refractivity contribution >= 4 is 0 Å². The molecule has 5 rings (SSSR count). The van der Waals surface area contributed by atoms with E-state index in [1.54, 1.807) is 7.11 Å². The lowest BCUT2D eigenvalue weighted by molar-refractivity contribution is -0.0692. The lowest BCUT2D eigenvalue weighted by atomic mass is 9.49. The molecule has 3 aliphatic rings. The first kappa shape index (κ1) is 23.9. The molecule has 5 heteroatoms. The number of ether oxygens (including phenoxy) is 1. The molecule has 3 aliphatic carbocycles. The van der Waals surface area contributed by atoms with E-state index in [9.17, 15) is 5.11 Å². The number of hydrogen-bond acceptors (Lipinski definition) is 4. The van der Waals surface area contributed by atoms with Gasteiger partial charge >= 0.3 is 0 Å². The fraction of sp³-hybridized carbons (Fsp3) is 0.690. The second-order valence-electron chi connectivity index (χ2n) is 12.0. The Balaban J connectivity index is 1.41. The summed E-state index contributed by atoms with van der Waals surface area (Å²) in [6, 6.07) is 8.23. The lowest BCUT2D eigenvalue weighted by Gasteiger charge is -2.56. The molecule has 0 saturated heterocycles. The summed E-state index contributed by atoms with van der Waals surface area (Å²) in [6.07, 6.45) is 9.18. The van der Waals surface area contributed by atoms with Gasteiger partial charge in [0.1, 0.15) is 5.75 Å². The Hall–Kier alpha value is -1.85. The summed E-state index contributed by atoms with van der Waals surface area (Å²) >= 11 is 0. The van der Waals surface area contributed by atoms with E-state index in [-0.39, 0.29) is 17.9 Å². The summed E-state index contributed by atoms with van der Waals surface area (Å²) < 4.78 is 7.45. The number of benzene rings is 1. The Morgan fingerprint density at radius 1 is 1.12 bits per heavy atom. The third-order valence-corrected chi connectivity index (χ3v) is 10.7. The predicted molar refractivity (Wildman–Crippen MR) is 136 cm³/mol. The van der Waals surface area contributed by atoms with Gasteiger partial charge in [-0.05, 0) is 109 Å². The van der Waals surface area contributed by atoms with Gasteiger partial charge in [0.25, 0.3) is 0 Å². The quantitative estimate of drug-likeness (QED) is 0.649. The van der Waals surface area contributed by atoms with Crippen molar-refractivity contribution in [1.82, 2.24) is 9.78 Å². The van der Waals surface area contributed by atoms with Crippen LogP contribution in [0.3, 0.4) is 0 Å². The van der Waals surface area contributed by atoms with Crippen LogP contribution in [0.2, 0.25) is 0 Å². The van der Waals surface area contributed by atoms with Gasteiger partial charge in [0.05, 0.1) is 19.9 Å². The maximum atomic E-state index is 10.6. The maximum absolute atomic E-state index is 10.6. The van der Waals surface area contributed by atoms with Gasteiger partial charge in [-0.3, -0.25) is 4.68 Å². The molecular formula is C29H43N3O2.